The molecule has 2 aromatic rings. The Bertz CT molecular complexity index is 625. The molecule has 0 bridgehead atoms. The fourth-order valence-electron chi connectivity index (χ4n) is 2.84. The van der Waals surface area contributed by atoms with Crippen LogP contribution in [0.1, 0.15) is 18.9 Å². The Hall–Kier alpha value is -0.890. The van der Waals surface area contributed by atoms with Crippen LogP contribution in [0.3, 0.4) is 0 Å². The summed E-state index contributed by atoms with van der Waals surface area (Å²) < 4.78 is 16.4. The normalized spacial score (nSPS) is 21.1. The number of hydrogen-bond acceptors (Lipinski definition) is 3. The monoisotopic (exact) mass is 374 g/mol. The van der Waals surface area contributed by atoms with Gasteiger partial charge in [-0.25, -0.2) is 9.37 Å². The van der Waals surface area contributed by atoms with Crippen molar-refractivity contribution in [2.75, 3.05) is 25.9 Å². The number of nitrogens with zero attached hydrogens (tertiary/aromatic N) is 3. The summed E-state index contributed by atoms with van der Waals surface area (Å²) in [5, 5.41) is 0. The Balaban J connectivity index is 2.12. The van der Waals surface area contributed by atoms with E-state index in [0.29, 0.717) is 9.52 Å². The second-order valence-electron chi connectivity index (χ2n) is 5.15. The molecule has 0 spiro atoms. The highest BCUT2D eigenvalue weighted by atomic mass is 127. The Morgan fingerprint density at radius 3 is 3.00 bits per heavy atom. The highest BCUT2D eigenvalue weighted by molar-refractivity contribution is 14.1. The number of likely N-dealkylation sites (N-methyl/N-ethyl adjacent to an activating group) is 1. The van der Waals surface area contributed by atoms with Crippen LogP contribution in [-0.2, 0) is 0 Å². The van der Waals surface area contributed by atoms with Crippen molar-refractivity contribution in [1.29, 1.82) is 0 Å². The minimum absolute atomic E-state index is 0.210. The molecule has 6 heteroatoms. The smallest absolute Gasteiger partial charge is 0.201 e. The van der Waals surface area contributed by atoms with E-state index in [-0.39, 0.29) is 11.9 Å². The number of imidazole rings is 1. The van der Waals surface area contributed by atoms with Gasteiger partial charge >= 0.3 is 0 Å². The SMILES string of the molecule is CN1CCCC(n2c(N)nc3cc(I)c(F)cc32)C1. The number of likely N-dealkylation sites (tertiary alicyclic amines) is 1. The number of nitrogen functional groups attached to an aromatic ring is 1. The molecule has 102 valence electrons. The molecule has 2 N–H and O–H groups in total. The lowest BCUT2D eigenvalue weighted by molar-refractivity contribution is 0.216. The van der Waals surface area contributed by atoms with Crippen LogP contribution >= 0.6 is 22.6 Å². The summed E-state index contributed by atoms with van der Waals surface area (Å²) in [5.41, 5.74) is 7.61. The Kier molecular flexibility index (Phi) is 3.38. The van der Waals surface area contributed by atoms with Gasteiger partial charge in [0.05, 0.1) is 14.6 Å². The molecule has 19 heavy (non-hydrogen) atoms. The quantitative estimate of drug-likeness (QED) is 0.781. The fourth-order valence-corrected chi connectivity index (χ4v) is 3.29. The summed E-state index contributed by atoms with van der Waals surface area (Å²) in [5.74, 6) is 0.273. The van der Waals surface area contributed by atoms with Crippen molar-refractivity contribution in [3.8, 4) is 0 Å². The van der Waals surface area contributed by atoms with Crippen LogP contribution in [0.25, 0.3) is 11.0 Å². The maximum atomic E-state index is 13.8. The zero-order valence-electron chi connectivity index (χ0n) is 10.7. The average molecular weight is 374 g/mol. The number of aromatic nitrogens is 2. The zero-order valence-corrected chi connectivity index (χ0v) is 12.9. The van der Waals surface area contributed by atoms with Gasteiger partial charge in [0, 0.05) is 18.7 Å². The Morgan fingerprint density at radius 2 is 2.26 bits per heavy atom. The summed E-state index contributed by atoms with van der Waals surface area (Å²) in [7, 11) is 2.10. The van der Waals surface area contributed by atoms with E-state index in [1.807, 2.05) is 27.2 Å². The van der Waals surface area contributed by atoms with E-state index in [1.165, 1.54) is 0 Å². The first-order chi connectivity index (χ1) is 9.06. The molecule has 1 unspecified atom stereocenters. The van der Waals surface area contributed by atoms with Crippen LogP contribution in [0, 0.1) is 9.39 Å². The van der Waals surface area contributed by atoms with Gasteiger partial charge in [0.15, 0.2) is 0 Å². The maximum absolute atomic E-state index is 13.8. The van der Waals surface area contributed by atoms with Crippen molar-refractivity contribution in [1.82, 2.24) is 14.5 Å². The van der Waals surface area contributed by atoms with Gasteiger partial charge in [-0.15, -0.1) is 0 Å². The molecule has 1 atom stereocenters. The third-order valence-corrected chi connectivity index (χ3v) is 4.55. The number of piperidine rings is 1. The Morgan fingerprint density at radius 1 is 1.47 bits per heavy atom. The number of rotatable bonds is 1. The molecular weight excluding hydrogens is 358 g/mol. The van der Waals surface area contributed by atoms with E-state index < -0.39 is 0 Å². The first-order valence-electron chi connectivity index (χ1n) is 6.37. The van der Waals surface area contributed by atoms with Gasteiger partial charge in [-0.05, 0) is 55.1 Å². The minimum atomic E-state index is -0.210. The lowest BCUT2D eigenvalue weighted by atomic mass is 10.1. The summed E-state index contributed by atoms with van der Waals surface area (Å²) in [6.07, 6.45) is 2.20. The summed E-state index contributed by atoms with van der Waals surface area (Å²) in [6.45, 7) is 2.04. The van der Waals surface area contributed by atoms with Crippen LogP contribution in [0.15, 0.2) is 12.1 Å². The largest absolute Gasteiger partial charge is 0.369 e. The predicted octanol–water partition coefficient (Wildman–Crippen LogP) is 2.63. The van der Waals surface area contributed by atoms with E-state index in [9.17, 15) is 4.39 Å². The van der Waals surface area contributed by atoms with Crippen LogP contribution in [-0.4, -0.2) is 34.6 Å². The molecular formula is C13H16FIN4. The van der Waals surface area contributed by atoms with Crippen LogP contribution in [0.5, 0.6) is 0 Å². The average Bonchev–Trinajstić information content (AvgIpc) is 2.65. The molecule has 1 saturated heterocycles. The van der Waals surface area contributed by atoms with E-state index in [1.54, 1.807) is 12.1 Å². The summed E-state index contributed by atoms with van der Waals surface area (Å²) in [4.78, 5) is 6.65. The maximum Gasteiger partial charge on any atom is 0.201 e. The molecule has 1 aromatic heterocycles. The van der Waals surface area contributed by atoms with Crippen molar-refractivity contribution < 1.29 is 4.39 Å². The molecule has 2 heterocycles. The fraction of sp³-hybridized carbons (Fsp3) is 0.462. The molecule has 1 fully saturated rings. The number of anilines is 1. The van der Waals surface area contributed by atoms with Gasteiger partial charge in [-0.1, -0.05) is 0 Å². The lowest BCUT2D eigenvalue weighted by Crippen LogP contribution is -2.33. The number of fused-ring (bicyclic) bond motifs is 1. The lowest BCUT2D eigenvalue weighted by Gasteiger charge is -2.31. The van der Waals surface area contributed by atoms with Gasteiger partial charge in [-0.2, -0.15) is 0 Å². The third-order valence-electron chi connectivity index (χ3n) is 3.72. The van der Waals surface area contributed by atoms with E-state index in [2.05, 4.69) is 16.9 Å². The summed E-state index contributed by atoms with van der Waals surface area (Å²) >= 11 is 1.98. The predicted molar refractivity (Wildman–Crippen MR) is 82.6 cm³/mol. The third kappa shape index (κ3) is 2.31. The molecule has 0 amide bonds. The number of halogens is 2. The van der Waals surface area contributed by atoms with Crippen LogP contribution in [0.2, 0.25) is 0 Å². The minimum Gasteiger partial charge on any atom is -0.369 e. The van der Waals surface area contributed by atoms with Crippen molar-refractivity contribution >= 4 is 39.6 Å². The standard InChI is InChI=1S/C13H16FIN4/c1-18-4-2-3-8(7-18)19-12-5-9(14)10(15)6-11(12)17-13(19)16/h5-6,8H,2-4,7H2,1H3,(H2,16,17). The topological polar surface area (TPSA) is 47.1 Å². The number of nitrogens with two attached hydrogens (primary N) is 1. The van der Waals surface area contributed by atoms with Crippen molar-refractivity contribution in [3.05, 3.63) is 21.5 Å². The van der Waals surface area contributed by atoms with Gasteiger partial charge in [0.2, 0.25) is 5.95 Å². The van der Waals surface area contributed by atoms with Gasteiger partial charge in [0.1, 0.15) is 5.82 Å². The van der Waals surface area contributed by atoms with E-state index in [0.717, 1.165) is 37.0 Å². The van der Waals surface area contributed by atoms with Crippen LogP contribution in [0.4, 0.5) is 10.3 Å². The highest BCUT2D eigenvalue weighted by Gasteiger charge is 2.23. The Labute approximate surface area is 124 Å². The van der Waals surface area contributed by atoms with E-state index in [4.69, 9.17) is 5.73 Å². The molecule has 0 saturated carbocycles. The van der Waals surface area contributed by atoms with Crippen LogP contribution < -0.4 is 5.73 Å². The van der Waals surface area contributed by atoms with Gasteiger partial charge in [0.25, 0.3) is 0 Å². The van der Waals surface area contributed by atoms with E-state index >= 15 is 0 Å². The first-order valence-corrected chi connectivity index (χ1v) is 7.45. The zero-order chi connectivity index (χ0) is 13.6. The highest BCUT2D eigenvalue weighted by Crippen LogP contribution is 2.30. The molecule has 0 radical (unpaired) electrons. The molecule has 1 aliphatic heterocycles. The molecule has 4 nitrogen and oxygen atoms in total. The molecule has 3 rings (SSSR count). The second kappa shape index (κ2) is 4.90. The van der Waals surface area contributed by atoms with Crippen molar-refractivity contribution in [2.45, 2.75) is 18.9 Å². The number of benzene rings is 1. The second-order valence-corrected chi connectivity index (χ2v) is 6.32. The molecule has 0 aliphatic carbocycles. The molecule has 1 aromatic carbocycles. The van der Waals surface area contributed by atoms with Crippen molar-refractivity contribution in [2.24, 2.45) is 0 Å². The van der Waals surface area contributed by atoms with Gasteiger partial charge < -0.3 is 15.2 Å². The number of hydrogen-bond donors (Lipinski definition) is 1. The first kappa shape index (κ1) is 13.1. The van der Waals surface area contributed by atoms with Gasteiger partial charge in [-0.3, -0.25) is 0 Å². The summed E-state index contributed by atoms with van der Waals surface area (Å²) in [6, 6.07) is 3.59. The van der Waals surface area contributed by atoms with Crippen molar-refractivity contribution in [3.63, 3.8) is 0 Å². The molecule has 1 aliphatic rings.